The molecule has 5 heteroatoms. The van der Waals surface area contributed by atoms with Crippen LogP contribution in [0.15, 0.2) is 24.3 Å². The molecular formula is C15H20F2N2O. The van der Waals surface area contributed by atoms with Crippen molar-refractivity contribution >= 4 is 0 Å². The largest absolute Gasteiger partial charge is 0.434 e. The van der Waals surface area contributed by atoms with Crippen LogP contribution in [0.25, 0.3) is 0 Å². The van der Waals surface area contributed by atoms with Crippen molar-refractivity contribution in [3.05, 3.63) is 29.8 Å². The fourth-order valence-corrected chi connectivity index (χ4v) is 2.00. The van der Waals surface area contributed by atoms with E-state index < -0.39 is 6.61 Å². The molecule has 2 atom stereocenters. The number of nitrogens with one attached hydrogen (secondary N) is 1. The Hall–Kier alpha value is -1.64. The summed E-state index contributed by atoms with van der Waals surface area (Å²) < 4.78 is 29.3. The van der Waals surface area contributed by atoms with Crippen LogP contribution >= 0.6 is 0 Å². The van der Waals surface area contributed by atoms with Crippen LogP contribution in [0.5, 0.6) is 5.75 Å². The van der Waals surface area contributed by atoms with E-state index in [1.54, 1.807) is 18.2 Å². The van der Waals surface area contributed by atoms with Crippen molar-refractivity contribution in [2.24, 2.45) is 5.73 Å². The molecule has 1 aromatic carbocycles. The number of benzene rings is 1. The molecule has 0 aliphatic rings. The number of rotatable bonds is 8. The topological polar surface area (TPSA) is 47.3 Å². The van der Waals surface area contributed by atoms with Crippen molar-refractivity contribution in [3.63, 3.8) is 0 Å². The van der Waals surface area contributed by atoms with E-state index in [1.807, 2.05) is 6.92 Å². The maximum atomic E-state index is 12.4. The highest BCUT2D eigenvalue weighted by Crippen LogP contribution is 2.26. The number of hydrogen-bond donors (Lipinski definition) is 2. The second kappa shape index (κ2) is 8.51. The van der Waals surface area contributed by atoms with E-state index in [2.05, 4.69) is 16.0 Å². The first kappa shape index (κ1) is 16.4. The number of para-hydroxylation sites is 1. The minimum atomic E-state index is -2.87. The highest BCUT2D eigenvalue weighted by Gasteiger charge is 2.19. The summed E-state index contributed by atoms with van der Waals surface area (Å²) in [6.07, 6.45) is 7.18. The molecule has 0 spiro atoms. The third-order valence-electron chi connectivity index (χ3n) is 2.93. The minimum absolute atomic E-state index is 0.123. The van der Waals surface area contributed by atoms with Gasteiger partial charge in [-0.25, -0.2) is 0 Å². The molecule has 20 heavy (non-hydrogen) atoms. The first-order chi connectivity index (χ1) is 9.62. The summed E-state index contributed by atoms with van der Waals surface area (Å²) in [5, 5.41) is 3.20. The minimum Gasteiger partial charge on any atom is -0.434 e. The maximum absolute atomic E-state index is 12.4. The molecule has 110 valence electrons. The molecule has 0 aromatic heterocycles. The van der Waals surface area contributed by atoms with Crippen molar-refractivity contribution in [1.29, 1.82) is 0 Å². The van der Waals surface area contributed by atoms with Gasteiger partial charge in [0.1, 0.15) is 5.75 Å². The summed E-state index contributed by atoms with van der Waals surface area (Å²) in [6, 6.07) is 6.13. The smallest absolute Gasteiger partial charge is 0.387 e. The summed E-state index contributed by atoms with van der Waals surface area (Å²) >= 11 is 0. The van der Waals surface area contributed by atoms with E-state index in [0.29, 0.717) is 5.56 Å². The van der Waals surface area contributed by atoms with Gasteiger partial charge < -0.3 is 10.5 Å². The molecule has 0 bridgehead atoms. The Balaban J connectivity index is 2.91. The lowest BCUT2D eigenvalue weighted by atomic mass is 10.0. The maximum Gasteiger partial charge on any atom is 0.387 e. The van der Waals surface area contributed by atoms with Crippen molar-refractivity contribution in [2.75, 3.05) is 6.54 Å². The second-order valence-electron chi connectivity index (χ2n) is 4.38. The molecule has 3 nitrogen and oxygen atoms in total. The zero-order chi connectivity index (χ0) is 15.0. The van der Waals surface area contributed by atoms with Gasteiger partial charge in [0.25, 0.3) is 0 Å². The molecule has 1 aromatic rings. The average molecular weight is 282 g/mol. The molecule has 3 N–H and O–H groups in total. The van der Waals surface area contributed by atoms with Crippen LogP contribution in [0, 0.1) is 12.3 Å². The Morgan fingerprint density at radius 1 is 1.40 bits per heavy atom. The Bertz CT molecular complexity index is 446. The van der Waals surface area contributed by atoms with Gasteiger partial charge in [0.15, 0.2) is 0 Å². The highest BCUT2D eigenvalue weighted by atomic mass is 19.3. The Morgan fingerprint density at radius 3 is 2.65 bits per heavy atom. The van der Waals surface area contributed by atoms with Gasteiger partial charge >= 0.3 is 6.61 Å². The van der Waals surface area contributed by atoms with Gasteiger partial charge in [-0.2, -0.15) is 8.78 Å². The molecule has 0 amide bonds. The lowest BCUT2D eigenvalue weighted by molar-refractivity contribution is -0.0507. The first-order valence-electron chi connectivity index (χ1n) is 6.58. The summed E-state index contributed by atoms with van der Waals surface area (Å²) in [4.78, 5) is 0. The van der Waals surface area contributed by atoms with Crippen LogP contribution in [0.1, 0.15) is 31.4 Å². The van der Waals surface area contributed by atoms with E-state index in [0.717, 1.165) is 12.8 Å². The van der Waals surface area contributed by atoms with Crippen LogP contribution < -0.4 is 15.8 Å². The van der Waals surface area contributed by atoms with Crippen molar-refractivity contribution in [2.45, 2.75) is 38.5 Å². The van der Waals surface area contributed by atoms with E-state index in [1.165, 1.54) is 6.07 Å². The Morgan fingerprint density at radius 2 is 2.10 bits per heavy atom. The lowest BCUT2D eigenvalue weighted by Crippen LogP contribution is -2.36. The molecule has 0 saturated heterocycles. The highest BCUT2D eigenvalue weighted by molar-refractivity contribution is 5.36. The normalized spacial score (nSPS) is 13.8. The van der Waals surface area contributed by atoms with Gasteiger partial charge in [-0.15, -0.1) is 6.42 Å². The Kier molecular flexibility index (Phi) is 6.99. The number of terminal acetylenes is 1. The molecule has 0 aliphatic heterocycles. The van der Waals surface area contributed by atoms with Crippen LogP contribution in [0.4, 0.5) is 8.78 Å². The molecule has 1 rings (SSSR count). The predicted molar refractivity (Wildman–Crippen MR) is 75.5 cm³/mol. The fraction of sp³-hybridized carbons (Fsp3) is 0.467. The van der Waals surface area contributed by atoms with Gasteiger partial charge in [0.2, 0.25) is 0 Å². The summed E-state index contributed by atoms with van der Waals surface area (Å²) in [7, 11) is 0. The molecule has 0 radical (unpaired) electrons. The van der Waals surface area contributed by atoms with Gasteiger partial charge in [0.05, 0.1) is 6.04 Å². The third kappa shape index (κ3) is 4.80. The first-order valence-corrected chi connectivity index (χ1v) is 6.58. The molecule has 2 unspecified atom stereocenters. The van der Waals surface area contributed by atoms with Crippen LogP contribution in [0.2, 0.25) is 0 Å². The van der Waals surface area contributed by atoms with Crippen molar-refractivity contribution in [3.8, 4) is 18.1 Å². The number of halogens is 2. The second-order valence-corrected chi connectivity index (χ2v) is 4.38. The number of hydrogen-bond acceptors (Lipinski definition) is 3. The van der Waals surface area contributed by atoms with E-state index in [4.69, 9.17) is 12.2 Å². The van der Waals surface area contributed by atoms with E-state index >= 15 is 0 Å². The summed E-state index contributed by atoms with van der Waals surface area (Å²) in [5.41, 5.74) is 6.32. The van der Waals surface area contributed by atoms with E-state index in [9.17, 15) is 8.78 Å². The molecule has 0 heterocycles. The van der Waals surface area contributed by atoms with Crippen LogP contribution in [0.3, 0.4) is 0 Å². The predicted octanol–water partition coefficient (Wildman–Crippen LogP) is 2.68. The zero-order valence-corrected chi connectivity index (χ0v) is 11.5. The van der Waals surface area contributed by atoms with Crippen LogP contribution in [-0.4, -0.2) is 19.2 Å². The number of alkyl halides is 2. The van der Waals surface area contributed by atoms with Gasteiger partial charge in [0, 0.05) is 18.2 Å². The van der Waals surface area contributed by atoms with Crippen LogP contribution in [-0.2, 0) is 0 Å². The standard InChI is InChI=1S/C15H20F2N2O/c1-3-7-11(4-2)19-13(10-18)12-8-5-6-9-14(12)20-15(16)17/h2,5-6,8-9,11,13,15,19H,3,7,10,18H2,1H3. The molecule has 0 saturated carbocycles. The lowest BCUT2D eigenvalue weighted by Gasteiger charge is -2.23. The zero-order valence-electron chi connectivity index (χ0n) is 11.5. The molecule has 0 fully saturated rings. The third-order valence-corrected chi connectivity index (χ3v) is 2.93. The van der Waals surface area contributed by atoms with Crippen molar-refractivity contribution in [1.82, 2.24) is 5.32 Å². The number of ether oxygens (including phenoxy) is 1. The quantitative estimate of drug-likeness (QED) is 0.721. The molecular weight excluding hydrogens is 262 g/mol. The van der Waals surface area contributed by atoms with Gasteiger partial charge in [-0.05, 0) is 12.5 Å². The average Bonchev–Trinajstić information content (AvgIpc) is 2.44. The van der Waals surface area contributed by atoms with Crippen molar-refractivity contribution < 1.29 is 13.5 Å². The summed E-state index contributed by atoms with van der Waals surface area (Å²) in [6.45, 7) is -0.600. The summed E-state index contributed by atoms with van der Waals surface area (Å²) in [5.74, 6) is 2.77. The molecule has 0 aliphatic carbocycles. The fourth-order valence-electron chi connectivity index (χ4n) is 2.00. The van der Waals surface area contributed by atoms with Gasteiger partial charge in [-0.1, -0.05) is 37.5 Å². The number of nitrogens with two attached hydrogens (primary N) is 1. The monoisotopic (exact) mass is 282 g/mol. The van der Waals surface area contributed by atoms with Gasteiger partial charge in [-0.3, -0.25) is 5.32 Å². The SMILES string of the molecule is C#CC(CCC)NC(CN)c1ccccc1OC(F)F. The Labute approximate surface area is 118 Å². The van der Waals surface area contributed by atoms with E-state index in [-0.39, 0.29) is 24.4 Å².